The van der Waals surface area contributed by atoms with Gasteiger partial charge < -0.3 is 4.79 Å². The molecule has 2 N–H and O–H groups in total. The van der Waals surface area contributed by atoms with E-state index in [0.717, 1.165) is 6.29 Å². The Morgan fingerprint density at radius 2 is 1.71 bits per heavy atom. The number of rotatable bonds is 1. The molecular weight excluding hydrogens is 123 g/mol. The van der Waals surface area contributed by atoms with Crippen LogP contribution in [0.5, 0.6) is 0 Å². The zero-order valence-corrected chi connectivity index (χ0v) is 3.59. The second-order valence-electron chi connectivity index (χ2n) is 0.575. The molecule has 0 radical (unpaired) electrons. The summed E-state index contributed by atoms with van der Waals surface area (Å²) in [6, 6.07) is 0. The molecule has 0 fully saturated rings. The van der Waals surface area contributed by atoms with Crippen LogP contribution in [0.3, 0.4) is 0 Å². The molecule has 0 bridgehead atoms. The molecule has 0 saturated heterocycles. The standard InChI is InChI=1S/C3H6O.K.H2O2.H/c1-2-3-4;;1-2;/h3H,2H2,1H3;;1-2H;. The second-order valence-corrected chi connectivity index (χ2v) is 0.575. The van der Waals surface area contributed by atoms with Gasteiger partial charge in [-0.15, -0.1) is 0 Å². The summed E-state index contributed by atoms with van der Waals surface area (Å²) in [6.07, 6.45) is 1.51. The van der Waals surface area contributed by atoms with Crippen molar-refractivity contribution in [2.45, 2.75) is 13.3 Å². The minimum absolute atomic E-state index is 0. The van der Waals surface area contributed by atoms with Gasteiger partial charge in [0.2, 0.25) is 0 Å². The summed E-state index contributed by atoms with van der Waals surface area (Å²) < 4.78 is 0. The Balaban J connectivity index is -0.0000000480. The monoisotopic (exact) mass is 132 g/mol. The summed E-state index contributed by atoms with van der Waals surface area (Å²) in [7, 11) is 0. The van der Waals surface area contributed by atoms with Crippen LogP contribution >= 0.6 is 0 Å². The van der Waals surface area contributed by atoms with Crippen molar-refractivity contribution < 1.29 is 15.3 Å². The molecule has 0 atom stereocenters. The maximum atomic E-state index is 9.17. The van der Waals surface area contributed by atoms with Crippen LogP contribution in [0.25, 0.3) is 0 Å². The van der Waals surface area contributed by atoms with Crippen LogP contribution in [0.1, 0.15) is 13.3 Å². The van der Waals surface area contributed by atoms with Gasteiger partial charge in [0.05, 0.1) is 0 Å². The molecule has 0 amide bonds. The van der Waals surface area contributed by atoms with E-state index >= 15 is 0 Å². The van der Waals surface area contributed by atoms with Crippen molar-refractivity contribution in [1.82, 2.24) is 0 Å². The molecule has 0 unspecified atom stereocenters. The van der Waals surface area contributed by atoms with Gasteiger partial charge in [0, 0.05) is 6.42 Å². The van der Waals surface area contributed by atoms with Gasteiger partial charge in [-0.25, -0.2) is 0 Å². The third-order valence-corrected chi connectivity index (χ3v) is 0.167. The topological polar surface area (TPSA) is 57.5 Å². The Morgan fingerprint density at radius 1 is 1.57 bits per heavy atom. The predicted molar refractivity (Wildman–Crippen MR) is 28.8 cm³/mol. The fraction of sp³-hybridized carbons (Fsp3) is 0.667. The fourth-order valence-corrected chi connectivity index (χ4v) is 0. The summed E-state index contributed by atoms with van der Waals surface area (Å²) in [4.78, 5) is 9.17. The average Bonchev–Trinajstić information content (AvgIpc) is 1.72. The average molecular weight is 132 g/mol. The molecule has 3 nitrogen and oxygen atoms in total. The van der Waals surface area contributed by atoms with E-state index in [0.29, 0.717) is 6.42 Å². The van der Waals surface area contributed by atoms with Crippen LogP contribution in [-0.2, 0) is 4.79 Å². The van der Waals surface area contributed by atoms with Gasteiger partial charge in [-0.1, -0.05) is 6.92 Å². The van der Waals surface area contributed by atoms with Crippen molar-refractivity contribution in [1.29, 1.82) is 0 Å². The SMILES string of the molecule is CCC=O.OO.[KH]. The third kappa shape index (κ3) is 39.8. The van der Waals surface area contributed by atoms with Crippen LogP contribution in [0.2, 0.25) is 0 Å². The molecular formula is C3H9KO3. The van der Waals surface area contributed by atoms with E-state index in [1.807, 2.05) is 6.92 Å². The van der Waals surface area contributed by atoms with Crippen molar-refractivity contribution in [3.8, 4) is 0 Å². The molecule has 40 valence electrons. The fourth-order valence-electron chi connectivity index (χ4n) is 0. The van der Waals surface area contributed by atoms with E-state index in [4.69, 9.17) is 10.5 Å². The molecule has 0 saturated carbocycles. The number of aldehydes is 1. The predicted octanol–water partition coefficient (Wildman–Crippen LogP) is -0.0358. The molecule has 0 spiro atoms. The Labute approximate surface area is 85.1 Å². The Bertz CT molecular complexity index is 24.1. The maximum absolute atomic E-state index is 9.17. The molecule has 0 heterocycles. The molecule has 0 aliphatic rings. The molecule has 0 aromatic carbocycles. The van der Waals surface area contributed by atoms with Gasteiger partial charge >= 0.3 is 51.4 Å². The van der Waals surface area contributed by atoms with E-state index < -0.39 is 0 Å². The van der Waals surface area contributed by atoms with Gasteiger partial charge in [-0.2, -0.15) is 0 Å². The third-order valence-electron chi connectivity index (χ3n) is 0.167. The van der Waals surface area contributed by atoms with Crippen LogP contribution in [0.4, 0.5) is 0 Å². The first-order valence-corrected chi connectivity index (χ1v) is 1.55. The Morgan fingerprint density at radius 3 is 1.71 bits per heavy atom. The van der Waals surface area contributed by atoms with Gasteiger partial charge in [0.25, 0.3) is 0 Å². The van der Waals surface area contributed by atoms with E-state index in [-0.39, 0.29) is 51.4 Å². The number of hydrogen-bond acceptors (Lipinski definition) is 3. The molecule has 0 aliphatic carbocycles. The summed E-state index contributed by atoms with van der Waals surface area (Å²) in [5.74, 6) is 0. The summed E-state index contributed by atoms with van der Waals surface area (Å²) in [5.41, 5.74) is 0. The Hall–Kier alpha value is 1.23. The van der Waals surface area contributed by atoms with Gasteiger partial charge in [-0.3, -0.25) is 10.5 Å². The zero-order chi connectivity index (χ0) is 5.41. The van der Waals surface area contributed by atoms with Crippen LogP contribution in [-0.4, -0.2) is 68.2 Å². The second kappa shape index (κ2) is 26.9. The quantitative estimate of drug-likeness (QED) is 0.228. The molecule has 7 heavy (non-hydrogen) atoms. The first-order chi connectivity index (χ1) is 2.91. The van der Waals surface area contributed by atoms with Crippen molar-refractivity contribution in [3.63, 3.8) is 0 Å². The number of carbonyl (C=O) groups excluding carboxylic acids is 1. The normalized spacial score (nSPS) is 4.43. The Kier molecular flexibility index (Phi) is 60.5. The molecule has 0 aliphatic heterocycles. The summed E-state index contributed by atoms with van der Waals surface area (Å²) >= 11 is 0. The van der Waals surface area contributed by atoms with Crippen LogP contribution in [0.15, 0.2) is 0 Å². The van der Waals surface area contributed by atoms with E-state index in [9.17, 15) is 4.79 Å². The summed E-state index contributed by atoms with van der Waals surface area (Å²) in [5, 5.41) is 12.0. The van der Waals surface area contributed by atoms with Crippen molar-refractivity contribution in [3.05, 3.63) is 0 Å². The van der Waals surface area contributed by atoms with Crippen LogP contribution in [0, 0.1) is 0 Å². The molecule has 0 aromatic rings. The van der Waals surface area contributed by atoms with Gasteiger partial charge in [0.1, 0.15) is 6.29 Å². The van der Waals surface area contributed by atoms with Gasteiger partial charge in [0.15, 0.2) is 0 Å². The molecule has 0 rings (SSSR count). The van der Waals surface area contributed by atoms with Crippen molar-refractivity contribution in [2.24, 2.45) is 0 Å². The zero-order valence-electron chi connectivity index (χ0n) is 3.59. The van der Waals surface area contributed by atoms with E-state index in [2.05, 4.69) is 0 Å². The first kappa shape index (κ1) is 15.7. The van der Waals surface area contributed by atoms with Crippen LogP contribution < -0.4 is 0 Å². The van der Waals surface area contributed by atoms with Gasteiger partial charge in [-0.05, 0) is 0 Å². The number of hydrogen-bond donors (Lipinski definition) is 2. The minimum atomic E-state index is 0. The summed E-state index contributed by atoms with van der Waals surface area (Å²) in [6.45, 7) is 1.81. The molecule has 0 aromatic heterocycles. The van der Waals surface area contributed by atoms with Crippen molar-refractivity contribution in [2.75, 3.05) is 0 Å². The van der Waals surface area contributed by atoms with Crippen molar-refractivity contribution >= 4 is 57.7 Å². The molecule has 4 heteroatoms. The van der Waals surface area contributed by atoms with E-state index in [1.165, 1.54) is 0 Å². The number of carbonyl (C=O) groups is 1. The first-order valence-electron chi connectivity index (χ1n) is 1.55. The van der Waals surface area contributed by atoms with E-state index in [1.54, 1.807) is 0 Å².